The molecule has 1 saturated heterocycles. The number of likely N-dealkylation sites (N-methyl/N-ethyl adjacent to an activating group) is 1. The minimum absolute atomic E-state index is 0.398. The van der Waals surface area contributed by atoms with Gasteiger partial charge in [0.15, 0.2) is 0 Å². The molecular weight excluding hydrogens is 204 g/mol. The number of anilines is 1. The summed E-state index contributed by atoms with van der Waals surface area (Å²) in [6, 6.07) is 0.483. The first kappa shape index (κ1) is 11.1. The van der Waals surface area contributed by atoms with E-state index in [0.717, 1.165) is 6.54 Å². The zero-order valence-corrected chi connectivity index (χ0v) is 9.59. The highest BCUT2D eigenvalue weighted by molar-refractivity contribution is 5.25. The van der Waals surface area contributed by atoms with Crippen LogP contribution in [0.4, 0.5) is 5.82 Å². The minimum Gasteiger partial charge on any atom is -0.475 e. The lowest BCUT2D eigenvalue weighted by molar-refractivity contribution is 0.122. The van der Waals surface area contributed by atoms with Crippen LogP contribution in [0, 0.1) is 0 Å². The maximum atomic E-state index is 5.60. The van der Waals surface area contributed by atoms with Crippen molar-refractivity contribution in [3.05, 3.63) is 12.4 Å². The first-order valence-electron chi connectivity index (χ1n) is 5.66. The fourth-order valence-corrected chi connectivity index (χ4v) is 1.97. The molecule has 88 valence electrons. The van der Waals surface area contributed by atoms with Crippen molar-refractivity contribution in [2.24, 2.45) is 0 Å². The lowest BCUT2D eigenvalue weighted by Gasteiger charge is -2.31. The maximum Gasteiger partial charge on any atom is 0.234 e. The van der Waals surface area contributed by atoms with Crippen LogP contribution in [-0.2, 0) is 0 Å². The molecule has 1 aliphatic heterocycles. The van der Waals surface area contributed by atoms with Crippen LogP contribution in [0.25, 0.3) is 0 Å². The van der Waals surface area contributed by atoms with Crippen molar-refractivity contribution in [1.29, 1.82) is 0 Å². The van der Waals surface area contributed by atoms with Crippen LogP contribution in [-0.4, -0.2) is 41.1 Å². The molecule has 5 heteroatoms. The monoisotopic (exact) mass is 222 g/mol. The third kappa shape index (κ3) is 2.82. The van der Waals surface area contributed by atoms with Gasteiger partial charge in [-0.05, 0) is 26.4 Å². The molecule has 0 amide bonds. The van der Waals surface area contributed by atoms with E-state index in [-0.39, 0.29) is 0 Å². The second-order valence-corrected chi connectivity index (χ2v) is 4.22. The van der Waals surface area contributed by atoms with Crippen molar-refractivity contribution in [3.8, 4) is 5.88 Å². The van der Waals surface area contributed by atoms with Gasteiger partial charge in [0.05, 0.1) is 12.4 Å². The molecule has 1 atom stereocenters. The van der Waals surface area contributed by atoms with E-state index in [0.29, 0.717) is 24.3 Å². The summed E-state index contributed by atoms with van der Waals surface area (Å²) < 4.78 is 5.60. The van der Waals surface area contributed by atoms with E-state index in [2.05, 4.69) is 21.9 Å². The third-order valence-corrected chi connectivity index (χ3v) is 2.98. The predicted octanol–water partition coefficient (Wildman–Crippen LogP) is 0.922. The van der Waals surface area contributed by atoms with Crippen LogP contribution in [0.1, 0.15) is 19.3 Å². The quantitative estimate of drug-likeness (QED) is 0.824. The topological polar surface area (TPSA) is 64.3 Å². The van der Waals surface area contributed by atoms with Crippen molar-refractivity contribution < 1.29 is 4.74 Å². The standard InChI is InChI=1S/C11H18N4O/c1-15-5-3-2-4-9(15)8-16-11-7-13-6-10(12)14-11/h6-7,9H,2-5,8H2,1H3,(H2,12,14). The summed E-state index contributed by atoms with van der Waals surface area (Å²) in [5.74, 6) is 0.911. The van der Waals surface area contributed by atoms with Gasteiger partial charge in [-0.2, -0.15) is 4.98 Å². The number of likely N-dealkylation sites (tertiary alicyclic amines) is 1. The van der Waals surface area contributed by atoms with Crippen LogP contribution < -0.4 is 10.5 Å². The molecule has 0 aliphatic carbocycles. The Morgan fingerprint density at radius 3 is 3.12 bits per heavy atom. The third-order valence-electron chi connectivity index (χ3n) is 2.98. The van der Waals surface area contributed by atoms with Crippen LogP contribution in [0.15, 0.2) is 12.4 Å². The van der Waals surface area contributed by atoms with E-state index in [1.54, 1.807) is 6.20 Å². The molecule has 0 radical (unpaired) electrons. The van der Waals surface area contributed by atoms with Crippen molar-refractivity contribution in [2.75, 3.05) is 25.9 Å². The van der Waals surface area contributed by atoms with Crippen LogP contribution in [0.5, 0.6) is 5.88 Å². The smallest absolute Gasteiger partial charge is 0.234 e. The molecular formula is C11H18N4O. The normalized spacial score (nSPS) is 21.9. The molecule has 16 heavy (non-hydrogen) atoms. The number of rotatable bonds is 3. The minimum atomic E-state index is 0.398. The van der Waals surface area contributed by atoms with Gasteiger partial charge in [0.2, 0.25) is 5.88 Å². The second-order valence-electron chi connectivity index (χ2n) is 4.22. The van der Waals surface area contributed by atoms with E-state index in [1.807, 2.05) is 0 Å². The first-order valence-corrected chi connectivity index (χ1v) is 5.66. The molecule has 0 aromatic carbocycles. The van der Waals surface area contributed by atoms with E-state index < -0.39 is 0 Å². The number of nitrogen functional groups attached to an aromatic ring is 1. The predicted molar refractivity (Wildman–Crippen MR) is 62.2 cm³/mol. The summed E-state index contributed by atoms with van der Waals surface area (Å²) in [6.07, 6.45) is 6.86. The zero-order valence-electron chi connectivity index (χ0n) is 9.59. The van der Waals surface area contributed by atoms with Gasteiger partial charge in [0.25, 0.3) is 0 Å². The molecule has 2 heterocycles. The summed E-state index contributed by atoms with van der Waals surface area (Å²) in [7, 11) is 2.14. The van der Waals surface area contributed by atoms with Gasteiger partial charge in [-0.25, -0.2) is 0 Å². The van der Waals surface area contributed by atoms with E-state index in [9.17, 15) is 0 Å². The van der Waals surface area contributed by atoms with Crippen LogP contribution in [0.2, 0.25) is 0 Å². The number of hydrogen-bond donors (Lipinski definition) is 1. The van der Waals surface area contributed by atoms with Gasteiger partial charge in [0, 0.05) is 6.04 Å². The molecule has 1 aliphatic rings. The molecule has 2 rings (SSSR count). The Morgan fingerprint density at radius 2 is 2.38 bits per heavy atom. The summed E-state index contributed by atoms with van der Waals surface area (Å²) in [4.78, 5) is 10.3. The average Bonchev–Trinajstić information content (AvgIpc) is 2.28. The molecule has 0 bridgehead atoms. The summed E-state index contributed by atoms with van der Waals surface area (Å²) >= 11 is 0. The van der Waals surface area contributed by atoms with Gasteiger partial charge in [0.1, 0.15) is 12.4 Å². The fourth-order valence-electron chi connectivity index (χ4n) is 1.97. The SMILES string of the molecule is CN1CCCCC1COc1cncc(N)n1. The lowest BCUT2D eigenvalue weighted by Crippen LogP contribution is -2.40. The van der Waals surface area contributed by atoms with Crippen molar-refractivity contribution in [3.63, 3.8) is 0 Å². The van der Waals surface area contributed by atoms with Gasteiger partial charge in [-0.1, -0.05) is 6.42 Å². The molecule has 2 N–H and O–H groups in total. The molecule has 5 nitrogen and oxygen atoms in total. The van der Waals surface area contributed by atoms with E-state index in [1.165, 1.54) is 25.5 Å². The van der Waals surface area contributed by atoms with Gasteiger partial charge in [-0.15, -0.1) is 0 Å². The summed E-state index contributed by atoms with van der Waals surface area (Å²) in [6.45, 7) is 1.81. The van der Waals surface area contributed by atoms with E-state index in [4.69, 9.17) is 10.5 Å². The van der Waals surface area contributed by atoms with Crippen molar-refractivity contribution >= 4 is 5.82 Å². The Balaban J connectivity index is 1.86. The van der Waals surface area contributed by atoms with Crippen LogP contribution in [0.3, 0.4) is 0 Å². The Kier molecular flexibility index (Phi) is 3.56. The fraction of sp³-hybridized carbons (Fsp3) is 0.636. The van der Waals surface area contributed by atoms with Crippen LogP contribution >= 0.6 is 0 Å². The maximum absolute atomic E-state index is 5.60. The zero-order chi connectivity index (χ0) is 11.4. The largest absolute Gasteiger partial charge is 0.475 e. The number of piperidine rings is 1. The molecule has 0 spiro atoms. The average molecular weight is 222 g/mol. The summed E-state index contributed by atoms with van der Waals surface area (Å²) in [5.41, 5.74) is 5.53. The number of hydrogen-bond acceptors (Lipinski definition) is 5. The van der Waals surface area contributed by atoms with Gasteiger partial charge >= 0.3 is 0 Å². The Hall–Kier alpha value is -1.36. The highest BCUT2D eigenvalue weighted by Crippen LogP contribution is 2.16. The van der Waals surface area contributed by atoms with E-state index >= 15 is 0 Å². The first-order chi connectivity index (χ1) is 7.75. The number of nitrogens with zero attached hydrogens (tertiary/aromatic N) is 3. The Labute approximate surface area is 95.6 Å². The number of ether oxygens (including phenoxy) is 1. The summed E-state index contributed by atoms with van der Waals surface area (Å²) in [5, 5.41) is 0. The van der Waals surface area contributed by atoms with Crippen molar-refractivity contribution in [2.45, 2.75) is 25.3 Å². The molecule has 1 fully saturated rings. The Morgan fingerprint density at radius 1 is 1.50 bits per heavy atom. The second kappa shape index (κ2) is 5.12. The molecule has 1 aromatic rings. The molecule has 1 unspecified atom stereocenters. The lowest BCUT2D eigenvalue weighted by atomic mass is 10.0. The highest BCUT2D eigenvalue weighted by atomic mass is 16.5. The van der Waals surface area contributed by atoms with Gasteiger partial charge < -0.3 is 15.4 Å². The Bertz CT molecular complexity index is 345. The molecule has 0 saturated carbocycles. The van der Waals surface area contributed by atoms with Gasteiger partial charge in [-0.3, -0.25) is 4.98 Å². The molecule has 1 aromatic heterocycles. The highest BCUT2D eigenvalue weighted by Gasteiger charge is 2.19. The van der Waals surface area contributed by atoms with Crippen molar-refractivity contribution in [1.82, 2.24) is 14.9 Å². The number of aromatic nitrogens is 2. The number of nitrogens with two attached hydrogens (primary N) is 1.